The van der Waals surface area contributed by atoms with Gasteiger partial charge in [0.2, 0.25) is 5.91 Å². The highest BCUT2D eigenvalue weighted by Gasteiger charge is 2.22. The highest BCUT2D eigenvalue weighted by molar-refractivity contribution is 7.80. The third-order valence-corrected chi connectivity index (χ3v) is 2.67. The van der Waals surface area contributed by atoms with Crippen molar-refractivity contribution in [1.82, 2.24) is 4.90 Å². The Bertz CT molecular complexity index is 229. The zero-order valence-electron chi connectivity index (χ0n) is 10.1. The van der Waals surface area contributed by atoms with Gasteiger partial charge in [0.25, 0.3) is 0 Å². The lowest BCUT2D eigenvalue weighted by atomic mass is 9.96. The van der Waals surface area contributed by atoms with Crippen LogP contribution in [-0.4, -0.2) is 28.9 Å². The molecule has 2 N–H and O–H groups in total. The number of carbonyl (C=O) groups excluding carboxylic acids is 1. The molecule has 0 saturated carbocycles. The first kappa shape index (κ1) is 14.4. The third kappa shape index (κ3) is 5.11. The molecule has 1 atom stereocenters. The zero-order chi connectivity index (χ0) is 12.0. The fourth-order valence-corrected chi connectivity index (χ4v) is 1.45. The molecule has 0 fully saturated rings. The molecule has 0 aliphatic carbocycles. The van der Waals surface area contributed by atoms with Crippen LogP contribution in [0.5, 0.6) is 0 Å². The average molecular weight is 230 g/mol. The molecule has 4 heteroatoms. The largest absolute Gasteiger partial charge is 0.392 e. The number of carbonyl (C=O) groups is 1. The predicted molar refractivity (Wildman–Crippen MR) is 67.7 cm³/mol. The number of rotatable bonds is 6. The highest BCUT2D eigenvalue weighted by atomic mass is 32.1. The summed E-state index contributed by atoms with van der Waals surface area (Å²) in [5.41, 5.74) is 5.48. The van der Waals surface area contributed by atoms with Crippen molar-refractivity contribution >= 4 is 23.1 Å². The van der Waals surface area contributed by atoms with Gasteiger partial charge in [-0.05, 0) is 12.3 Å². The minimum atomic E-state index is 0.0332. The lowest BCUT2D eigenvalue weighted by Crippen LogP contribution is -2.42. The molecule has 1 unspecified atom stereocenters. The summed E-state index contributed by atoms with van der Waals surface area (Å²) in [7, 11) is 0. The van der Waals surface area contributed by atoms with Crippen molar-refractivity contribution in [2.45, 2.75) is 34.1 Å². The Hall–Kier alpha value is -0.640. The van der Waals surface area contributed by atoms with Crippen LogP contribution in [0, 0.1) is 11.8 Å². The molecule has 0 aromatic heterocycles. The second-order valence-corrected chi connectivity index (χ2v) is 4.78. The topological polar surface area (TPSA) is 46.3 Å². The molecule has 3 nitrogen and oxygen atoms in total. The maximum absolute atomic E-state index is 12.0. The summed E-state index contributed by atoms with van der Waals surface area (Å²) in [5.74, 6) is 0.536. The van der Waals surface area contributed by atoms with Crippen LogP contribution < -0.4 is 5.73 Å². The van der Waals surface area contributed by atoms with Crippen LogP contribution in [0.4, 0.5) is 0 Å². The van der Waals surface area contributed by atoms with E-state index in [0.29, 0.717) is 17.5 Å². The van der Waals surface area contributed by atoms with Gasteiger partial charge in [0, 0.05) is 12.5 Å². The van der Waals surface area contributed by atoms with Gasteiger partial charge in [-0.15, -0.1) is 0 Å². The van der Waals surface area contributed by atoms with Crippen molar-refractivity contribution in [3.63, 3.8) is 0 Å². The molecule has 0 aliphatic heterocycles. The molecule has 0 radical (unpaired) electrons. The number of nitrogens with two attached hydrogens (primary N) is 1. The predicted octanol–water partition coefficient (Wildman–Crippen LogP) is 1.80. The monoisotopic (exact) mass is 230 g/mol. The van der Waals surface area contributed by atoms with E-state index in [2.05, 4.69) is 0 Å². The number of hydrogen-bond donors (Lipinski definition) is 1. The van der Waals surface area contributed by atoms with Gasteiger partial charge in [0.1, 0.15) is 0 Å². The zero-order valence-corrected chi connectivity index (χ0v) is 10.9. The first-order valence-electron chi connectivity index (χ1n) is 5.47. The van der Waals surface area contributed by atoms with Crippen molar-refractivity contribution in [1.29, 1.82) is 0 Å². The molecule has 15 heavy (non-hydrogen) atoms. The average Bonchev–Trinajstić information content (AvgIpc) is 2.14. The molecule has 0 aromatic rings. The molecule has 0 aliphatic rings. The van der Waals surface area contributed by atoms with Crippen LogP contribution >= 0.6 is 12.2 Å². The van der Waals surface area contributed by atoms with Gasteiger partial charge >= 0.3 is 0 Å². The van der Waals surface area contributed by atoms with E-state index in [1.54, 1.807) is 4.90 Å². The summed E-state index contributed by atoms with van der Waals surface area (Å²) in [6.45, 7) is 9.22. The SMILES string of the molecule is CCCN(CC(N)=S)C(=O)C(C)C(C)C. The van der Waals surface area contributed by atoms with E-state index in [9.17, 15) is 4.79 Å². The Balaban J connectivity index is 4.47. The summed E-state index contributed by atoms with van der Waals surface area (Å²) in [5, 5.41) is 0. The van der Waals surface area contributed by atoms with Crippen molar-refractivity contribution < 1.29 is 4.79 Å². The highest BCUT2D eigenvalue weighted by Crippen LogP contribution is 2.13. The fraction of sp³-hybridized carbons (Fsp3) is 0.818. The van der Waals surface area contributed by atoms with Crippen molar-refractivity contribution in [2.75, 3.05) is 13.1 Å². The van der Waals surface area contributed by atoms with Crippen molar-refractivity contribution in [3.05, 3.63) is 0 Å². The van der Waals surface area contributed by atoms with E-state index in [1.807, 2.05) is 27.7 Å². The fourth-order valence-electron chi connectivity index (χ4n) is 1.30. The van der Waals surface area contributed by atoms with Crippen LogP contribution in [0.2, 0.25) is 0 Å². The lowest BCUT2D eigenvalue weighted by molar-refractivity contribution is -0.135. The van der Waals surface area contributed by atoms with Crippen LogP contribution in [0.15, 0.2) is 0 Å². The van der Waals surface area contributed by atoms with Gasteiger partial charge in [0.15, 0.2) is 0 Å². The van der Waals surface area contributed by atoms with Gasteiger partial charge in [-0.25, -0.2) is 0 Å². The normalized spacial score (nSPS) is 12.6. The van der Waals surface area contributed by atoms with E-state index in [1.165, 1.54) is 0 Å². The van der Waals surface area contributed by atoms with Gasteiger partial charge in [-0.1, -0.05) is 39.9 Å². The molecule has 0 spiro atoms. The minimum absolute atomic E-state index is 0.0332. The quantitative estimate of drug-likeness (QED) is 0.708. The third-order valence-electron chi connectivity index (χ3n) is 2.54. The van der Waals surface area contributed by atoms with Gasteiger partial charge < -0.3 is 10.6 Å². The Morgan fingerprint density at radius 2 is 1.93 bits per heavy atom. The summed E-state index contributed by atoms with van der Waals surface area (Å²) in [6, 6.07) is 0. The van der Waals surface area contributed by atoms with Gasteiger partial charge in [-0.2, -0.15) is 0 Å². The van der Waals surface area contributed by atoms with Crippen molar-refractivity contribution in [3.8, 4) is 0 Å². The summed E-state index contributed by atoms with van der Waals surface area (Å²) in [4.78, 5) is 14.2. The Labute approximate surface area is 98.0 Å². The van der Waals surface area contributed by atoms with Crippen LogP contribution in [0.1, 0.15) is 34.1 Å². The van der Waals surface area contributed by atoms with Crippen LogP contribution in [0.3, 0.4) is 0 Å². The Morgan fingerprint density at radius 1 is 1.40 bits per heavy atom. The standard InChI is InChI=1S/C11H22N2OS/c1-5-6-13(7-10(12)15)11(14)9(4)8(2)3/h8-9H,5-7H2,1-4H3,(H2,12,15). The maximum Gasteiger partial charge on any atom is 0.226 e. The molecule has 0 heterocycles. The van der Waals surface area contributed by atoms with Crippen molar-refractivity contribution in [2.24, 2.45) is 17.6 Å². The molecule has 0 saturated heterocycles. The second kappa shape index (κ2) is 6.77. The molecule has 0 aromatic carbocycles. The Kier molecular flexibility index (Phi) is 6.48. The number of hydrogen-bond acceptors (Lipinski definition) is 2. The van der Waals surface area contributed by atoms with Gasteiger partial charge in [0.05, 0.1) is 11.5 Å². The van der Waals surface area contributed by atoms with Crippen LogP contribution in [-0.2, 0) is 4.79 Å². The van der Waals surface area contributed by atoms with Crippen LogP contribution in [0.25, 0.3) is 0 Å². The molecular weight excluding hydrogens is 208 g/mol. The maximum atomic E-state index is 12.0. The first-order valence-corrected chi connectivity index (χ1v) is 5.88. The van der Waals surface area contributed by atoms with Gasteiger partial charge in [-0.3, -0.25) is 4.79 Å². The minimum Gasteiger partial charge on any atom is -0.392 e. The van der Waals surface area contributed by atoms with E-state index in [4.69, 9.17) is 18.0 Å². The summed E-state index contributed by atoms with van der Waals surface area (Å²) in [6.07, 6.45) is 0.930. The second-order valence-electron chi connectivity index (χ2n) is 4.26. The molecular formula is C11H22N2OS. The smallest absolute Gasteiger partial charge is 0.226 e. The molecule has 1 amide bonds. The van der Waals surface area contributed by atoms with E-state index < -0.39 is 0 Å². The lowest BCUT2D eigenvalue weighted by Gasteiger charge is -2.26. The summed E-state index contributed by atoms with van der Waals surface area (Å²) < 4.78 is 0. The number of nitrogens with zero attached hydrogens (tertiary/aromatic N) is 1. The van der Waals surface area contributed by atoms with E-state index >= 15 is 0 Å². The Morgan fingerprint density at radius 3 is 2.27 bits per heavy atom. The summed E-state index contributed by atoms with van der Waals surface area (Å²) >= 11 is 4.84. The number of thiocarbonyl (C=S) groups is 1. The first-order chi connectivity index (χ1) is 6.90. The molecule has 88 valence electrons. The van der Waals surface area contributed by atoms with E-state index in [-0.39, 0.29) is 11.8 Å². The molecule has 0 bridgehead atoms. The number of amides is 1. The van der Waals surface area contributed by atoms with E-state index in [0.717, 1.165) is 13.0 Å². The molecule has 0 rings (SSSR count).